The Morgan fingerprint density at radius 1 is 0.606 bits per heavy atom. The van der Waals surface area contributed by atoms with Gasteiger partial charge in [-0.15, -0.1) is 0 Å². The predicted octanol–water partition coefficient (Wildman–Crippen LogP) is 5.84. The fraction of sp³-hybridized carbons (Fsp3) is 0.286. The third-order valence-corrected chi connectivity index (χ3v) is 6.16. The maximum absolute atomic E-state index is 13.4. The number of phenols is 3. The molecule has 0 spiro atoms. The van der Waals surface area contributed by atoms with E-state index in [4.69, 9.17) is 0 Å². The minimum absolute atomic E-state index is 0.0930. The Morgan fingerprint density at radius 3 is 1.52 bits per heavy atom. The maximum atomic E-state index is 13.4. The van der Waals surface area contributed by atoms with E-state index in [1.54, 1.807) is 30.3 Å². The summed E-state index contributed by atoms with van der Waals surface area (Å²) in [6.45, 7) is 11.9. The van der Waals surface area contributed by atoms with E-state index in [9.17, 15) is 24.9 Å². The van der Waals surface area contributed by atoms with Gasteiger partial charge in [0.2, 0.25) is 0 Å². The third kappa shape index (κ3) is 3.48. The summed E-state index contributed by atoms with van der Waals surface area (Å²) in [5.41, 5.74) is 1.53. The molecule has 3 aromatic rings. The first-order valence-electron chi connectivity index (χ1n) is 10.9. The van der Waals surface area contributed by atoms with Gasteiger partial charge in [0.1, 0.15) is 17.2 Å². The van der Waals surface area contributed by atoms with Crippen LogP contribution in [0.3, 0.4) is 0 Å². The van der Waals surface area contributed by atoms with Crippen molar-refractivity contribution in [2.24, 2.45) is 0 Å². The van der Waals surface area contributed by atoms with Gasteiger partial charge in [-0.1, -0.05) is 65.8 Å². The van der Waals surface area contributed by atoms with Gasteiger partial charge in [-0.25, -0.2) is 0 Å². The second-order valence-electron chi connectivity index (χ2n) is 10.7. The van der Waals surface area contributed by atoms with Crippen LogP contribution in [0.2, 0.25) is 0 Å². The van der Waals surface area contributed by atoms with Crippen LogP contribution < -0.4 is 0 Å². The number of fused-ring (bicyclic) bond motifs is 2. The molecule has 4 rings (SSSR count). The van der Waals surface area contributed by atoms with E-state index in [0.717, 1.165) is 11.1 Å². The first-order valence-corrected chi connectivity index (χ1v) is 10.9. The van der Waals surface area contributed by atoms with E-state index in [2.05, 4.69) is 0 Å². The zero-order valence-electron chi connectivity index (χ0n) is 19.7. The fourth-order valence-corrected chi connectivity index (χ4v) is 4.55. The second-order valence-corrected chi connectivity index (χ2v) is 10.7. The summed E-state index contributed by atoms with van der Waals surface area (Å²) in [7, 11) is 0. The van der Waals surface area contributed by atoms with Gasteiger partial charge in [-0.3, -0.25) is 9.59 Å². The monoisotopic (exact) mass is 444 g/mol. The number of carbonyl (C=O) groups excluding carboxylic acids is 2. The van der Waals surface area contributed by atoms with Crippen LogP contribution in [0.1, 0.15) is 84.5 Å². The first-order chi connectivity index (χ1) is 15.2. The van der Waals surface area contributed by atoms with Gasteiger partial charge in [0.25, 0.3) is 0 Å². The number of hydrogen-bond donors (Lipinski definition) is 3. The number of carbonyl (C=O) groups is 2. The number of ketones is 2. The maximum Gasteiger partial charge on any atom is 0.198 e. The lowest BCUT2D eigenvalue weighted by Crippen LogP contribution is -2.22. The summed E-state index contributed by atoms with van der Waals surface area (Å²) >= 11 is 0. The molecular weight excluding hydrogens is 416 g/mol. The second kappa shape index (κ2) is 7.20. The number of phenolic OH excluding ortho intramolecular Hbond substituents is 3. The van der Waals surface area contributed by atoms with Crippen molar-refractivity contribution in [3.8, 4) is 28.4 Å². The molecule has 0 bridgehead atoms. The molecule has 3 N–H and O–H groups in total. The SMILES string of the molecule is CC(C)(C)c1cc(O)cc(C(C)(C)C)c1-c1cc(O)c2c(c1O)C(=O)c1ccccc1C2=O. The van der Waals surface area contributed by atoms with Crippen molar-refractivity contribution in [1.82, 2.24) is 0 Å². The quantitative estimate of drug-likeness (QED) is 0.321. The Hall–Kier alpha value is -3.60. The topological polar surface area (TPSA) is 94.8 Å². The number of rotatable bonds is 1. The highest BCUT2D eigenvalue weighted by molar-refractivity contribution is 6.30. The molecule has 0 saturated carbocycles. The number of aromatic hydroxyl groups is 3. The lowest BCUT2D eigenvalue weighted by Gasteiger charge is -2.31. The Bertz CT molecular complexity index is 1300. The van der Waals surface area contributed by atoms with Gasteiger partial charge >= 0.3 is 0 Å². The molecule has 33 heavy (non-hydrogen) atoms. The number of hydrogen-bond acceptors (Lipinski definition) is 5. The average Bonchev–Trinajstić information content (AvgIpc) is 2.71. The van der Waals surface area contributed by atoms with Crippen molar-refractivity contribution in [3.63, 3.8) is 0 Å². The summed E-state index contributed by atoms with van der Waals surface area (Å²) in [5, 5.41) is 32.9. The van der Waals surface area contributed by atoms with E-state index in [1.807, 2.05) is 41.5 Å². The normalized spacial score (nSPS) is 13.6. The molecule has 0 saturated heterocycles. The summed E-state index contributed by atoms with van der Waals surface area (Å²) in [5.74, 6) is -1.63. The van der Waals surface area contributed by atoms with Crippen LogP contribution in [0, 0.1) is 0 Å². The Labute approximate surface area is 193 Å². The average molecular weight is 445 g/mol. The van der Waals surface area contributed by atoms with Crippen LogP contribution in [0.25, 0.3) is 11.1 Å². The molecule has 0 unspecified atom stereocenters. The molecule has 0 amide bonds. The van der Waals surface area contributed by atoms with E-state index >= 15 is 0 Å². The minimum atomic E-state index is -0.511. The summed E-state index contributed by atoms with van der Waals surface area (Å²) < 4.78 is 0. The van der Waals surface area contributed by atoms with Crippen LogP contribution in [0.15, 0.2) is 42.5 Å². The van der Waals surface area contributed by atoms with E-state index in [-0.39, 0.29) is 45.1 Å². The highest BCUT2D eigenvalue weighted by Crippen LogP contribution is 2.49. The molecule has 0 heterocycles. The summed E-state index contributed by atoms with van der Waals surface area (Å²) in [4.78, 5) is 26.5. The summed E-state index contributed by atoms with van der Waals surface area (Å²) in [6.07, 6.45) is 0. The molecule has 170 valence electrons. The Morgan fingerprint density at radius 2 is 1.06 bits per heavy atom. The lowest BCUT2D eigenvalue weighted by atomic mass is 9.73. The van der Waals surface area contributed by atoms with Crippen LogP contribution >= 0.6 is 0 Å². The highest BCUT2D eigenvalue weighted by Gasteiger charge is 2.37. The van der Waals surface area contributed by atoms with E-state index in [1.165, 1.54) is 12.1 Å². The highest BCUT2D eigenvalue weighted by atomic mass is 16.3. The van der Waals surface area contributed by atoms with Crippen molar-refractivity contribution in [2.45, 2.75) is 52.4 Å². The van der Waals surface area contributed by atoms with Crippen LogP contribution in [-0.2, 0) is 10.8 Å². The lowest BCUT2D eigenvalue weighted by molar-refractivity contribution is 0.0974. The van der Waals surface area contributed by atoms with Gasteiger partial charge < -0.3 is 15.3 Å². The molecular formula is C28H28O5. The van der Waals surface area contributed by atoms with Gasteiger partial charge in [-0.2, -0.15) is 0 Å². The van der Waals surface area contributed by atoms with Crippen molar-refractivity contribution >= 4 is 11.6 Å². The van der Waals surface area contributed by atoms with Crippen LogP contribution in [0.4, 0.5) is 0 Å². The van der Waals surface area contributed by atoms with Crippen molar-refractivity contribution in [3.05, 3.63) is 75.8 Å². The van der Waals surface area contributed by atoms with E-state index in [0.29, 0.717) is 5.56 Å². The number of benzene rings is 3. The van der Waals surface area contributed by atoms with Gasteiger partial charge in [0.15, 0.2) is 11.6 Å². The molecule has 5 nitrogen and oxygen atoms in total. The predicted molar refractivity (Wildman–Crippen MR) is 128 cm³/mol. The molecule has 0 fully saturated rings. The van der Waals surface area contributed by atoms with Gasteiger partial charge in [0.05, 0.1) is 11.1 Å². The smallest absolute Gasteiger partial charge is 0.198 e. The minimum Gasteiger partial charge on any atom is -0.508 e. The Kier molecular flexibility index (Phi) is 4.93. The van der Waals surface area contributed by atoms with Crippen molar-refractivity contribution in [2.75, 3.05) is 0 Å². The molecule has 3 aromatic carbocycles. The van der Waals surface area contributed by atoms with Crippen molar-refractivity contribution < 1.29 is 24.9 Å². The molecule has 0 aliphatic heterocycles. The third-order valence-electron chi connectivity index (χ3n) is 6.16. The standard InChI is InChI=1S/C28H28O5/c1-27(2,3)18-11-14(29)12-19(28(4,5)6)21(18)17-13-20(30)22-23(26(17)33)25(32)16-10-8-7-9-15(16)24(22)31/h7-13,29-30,33H,1-6H3. The zero-order valence-corrected chi connectivity index (χ0v) is 19.7. The van der Waals surface area contributed by atoms with Crippen LogP contribution in [0.5, 0.6) is 17.2 Å². The molecule has 1 aliphatic rings. The molecule has 0 atom stereocenters. The largest absolute Gasteiger partial charge is 0.508 e. The summed E-state index contributed by atoms with van der Waals surface area (Å²) in [6, 6.07) is 11.0. The first kappa shape index (κ1) is 22.6. The van der Waals surface area contributed by atoms with Crippen molar-refractivity contribution in [1.29, 1.82) is 0 Å². The van der Waals surface area contributed by atoms with Gasteiger partial charge in [-0.05, 0) is 45.7 Å². The van der Waals surface area contributed by atoms with E-state index < -0.39 is 22.4 Å². The Balaban J connectivity index is 2.13. The zero-order chi connectivity index (χ0) is 24.5. The molecule has 0 aromatic heterocycles. The molecule has 0 radical (unpaired) electrons. The van der Waals surface area contributed by atoms with Gasteiger partial charge in [0, 0.05) is 16.7 Å². The molecule has 5 heteroatoms. The van der Waals surface area contributed by atoms with Crippen LogP contribution in [-0.4, -0.2) is 26.9 Å². The molecule has 1 aliphatic carbocycles. The fourth-order valence-electron chi connectivity index (χ4n) is 4.55.